The maximum atomic E-state index is 10.3. The van der Waals surface area contributed by atoms with Crippen LogP contribution in [0.3, 0.4) is 0 Å². The predicted molar refractivity (Wildman–Crippen MR) is 41.0 cm³/mol. The zero-order chi connectivity index (χ0) is 6.41. The van der Waals surface area contributed by atoms with E-state index in [1.807, 2.05) is 0 Å². The van der Waals surface area contributed by atoms with Crippen LogP contribution in [0.2, 0.25) is 0 Å². The zero-order valence-corrected chi connectivity index (χ0v) is 6.77. The van der Waals surface area contributed by atoms with Gasteiger partial charge in [-0.15, -0.1) is 0 Å². The molecule has 0 N–H and O–H groups in total. The van der Waals surface area contributed by atoms with Gasteiger partial charge < -0.3 is 0 Å². The van der Waals surface area contributed by atoms with Crippen LogP contribution in [-0.2, 0) is 4.79 Å². The fourth-order valence-electron chi connectivity index (χ4n) is 0.208. The molecule has 8 heavy (non-hydrogen) atoms. The van der Waals surface area contributed by atoms with Crippen LogP contribution in [0.5, 0.6) is 0 Å². The van der Waals surface area contributed by atoms with Crippen LogP contribution in [-0.4, -0.2) is 10.9 Å². The van der Waals surface area contributed by atoms with Gasteiger partial charge in [0.15, 0.2) is 5.12 Å². The fraction of sp³-hybridized carbons (Fsp3) is 0.800. The van der Waals surface area contributed by atoms with Gasteiger partial charge in [0.25, 0.3) is 0 Å². The molecule has 48 valence electrons. The molecule has 0 atom stereocenters. The molecule has 0 aliphatic heterocycles. The Balaban J connectivity index is 2.82. The monoisotopic (exact) mass is 150 g/mol. The van der Waals surface area contributed by atoms with Crippen molar-refractivity contribution in [1.29, 1.82) is 0 Å². The molecule has 0 unspecified atom stereocenters. The van der Waals surface area contributed by atoms with E-state index >= 15 is 0 Å². The molecule has 0 fully saturated rings. The minimum atomic E-state index is 0.198. The number of hydrogen-bond donors (Lipinski definition) is 0. The first-order valence-corrected chi connectivity index (χ1v) is 4.89. The van der Waals surface area contributed by atoms with Crippen LogP contribution in [0.4, 0.5) is 0 Å². The van der Waals surface area contributed by atoms with Crippen LogP contribution in [0.1, 0.15) is 20.3 Å². The molecule has 0 heterocycles. The second-order valence-electron chi connectivity index (χ2n) is 1.40. The van der Waals surface area contributed by atoms with Gasteiger partial charge in [-0.05, 0) is 17.2 Å². The first-order chi connectivity index (χ1) is 3.77. The van der Waals surface area contributed by atoms with Gasteiger partial charge in [-0.25, -0.2) is 0 Å². The standard InChI is InChI=1S/C5H10OS2/c1-3-4-7-8-5(2)6/h3-4H2,1-2H3. The van der Waals surface area contributed by atoms with Crippen LogP contribution >= 0.6 is 21.6 Å². The fourth-order valence-corrected chi connectivity index (χ4v) is 1.87. The molecule has 0 saturated carbocycles. The smallest absolute Gasteiger partial charge is 0.196 e. The minimum Gasteiger partial charge on any atom is -0.287 e. The lowest BCUT2D eigenvalue weighted by atomic mass is 10.6. The Labute approximate surface area is 58.0 Å². The van der Waals surface area contributed by atoms with Crippen molar-refractivity contribution in [2.75, 3.05) is 5.75 Å². The summed E-state index contributed by atoms with van der Waals surface area (Å²) in [7, 11) is 2.96. The maximum Gasteiger partial charge on any atom is 0.196 e. The molecule has 3 heteroatoms. The van der Waals surface area contributed by atoms with Crippen molar-refractivity contribution in [3.05, 3.63) is 0 Å². The Bertz CT molecular complexity index is 72.8. The zero-order valence-electron chi connectivity index (χ0n) is 5.14. The Kier molecular flexibility index (Phi) is 5.76. The Morgan fingerprint density at radius 3 is 2.62 bits per heavy atom. The van der Waals surface area contributed by atoms with E-state index in [4.69, 9.17) is 0 Å². The average Bonchev–Trinajstić information content (AvgIpc) is 1.66. The van der Waals surface area contributed by atoms with Crippen molar-refractivity contribution in [3.63, 3.8) is 0 Å². The van der Waals surface area contributed by atoms with E-state index in [1.54, 1.807) is 17.7 Å². The number of carbonyl (C=O) groups is 1. The summed E-state index contributed by atoms with van der Waals surface area (Å²) in [5.74, 6) is 1.07. The molecule has 0 amide bonds. The number of hydrogen-bond acceptors (Lipinski definition) is 3. The topological polar surface area (TPSA) is 17.1 Å². The van der Waals surface area contributed by atoms with Crippen molar-refractivity contribution in [2.24, 2.45) is 0 Å². The van der Waals surface area contributed by atoms with Crippen LogP contribution in [0.15, 0.2) is 0 Å². The van der Waals surface area contributed by atoms with E-state index in [1.165, 1.54) is 10.8 Å². The second kappa shape index (κ2) is 5.51. The minimum absolute atomic E-state index is 0.198. The average molecular weight is 150 g/mol. The van der Waals surface area contributed by atoms with E-state index in [0.29, 0.717) is 0 Å². The molecule has 0 rings (SSSR count). The largest absolute Gasteiger partial charge is 0.287 e. The third kappa shape index (κ3) is 6.37. The maximum absolute atomic E-state index is 10.3. The molecule has 0 radical (unpaired) electrons. The lowest BCUT2D eigenvalue weighted by molar-refractivity contribution is -0.109. The first kappa shape index (κ1) is 8.37. The molecule has 0 aromatic carbocycles. The molecule has 0 aliphatic rings. The Morgan fingerprint density at radius 1 is 1.62 bits per heavy atom. The summed E-state index contributed by atoms with van der Waals surface area (Å²) in [5.41, 5.74) is 0. The van der Waals surface area contributed by atoms with E-state index in [0.717, 1.165) is 12.2 Å². The predicted octanol–water partition coefficient (Wildman–Crippen LogP) is 2.32. The summed E-state index contributed by atoms with van der Waals surface area (Å²) >= 11 is 0. The Hall–Kier alpha value is 0.370. The van der Waals surface area contributed by atoms with Crippen molar-refractivity contribution in [2.45, 2.75) is 20.3 Å². The highest BCUT2D eigenvalue weighted by atomic mass is 33.1. The van der Waals surface area contributed by atoms with Crippen molar-refractivity contribution in [3.8, 4) is 0 Å². The lowest BCUT2D eigenvalue weighted by Gasteiger charge is -1.89. The summed E-state index contributed by atoms with van der Waals surface area (Å²) in [6.07, 6.45) is 1.14. The van der Waals surface area contributed by atoms with Crippen molar-refractivity contribution < 1.29 is 4.79 Å². The molecular formula is C5H10OS2. The van der Waals surface area contributed by atoms with Gasteiger partial charge in [-0.1, -0.05) is 17.7 Å². The molecule has 0 bridgehead atoms. The van der Waals surface area contributed by atoms with Gasteiger partial charge in [0, 0.05) is 12.7 Å². The van der Waals surface area contributed by atoms with Gasteiger partial charge in [0.2, 0.25) is 0 Å². The van der Waals surface area contributed by atoms with Gasteiger partial charge >= 0.3 is 0 Å². The van der Waals surface area contributed by atoms with Crippen LogP contribution in [0.25, 0.3) is 0 Å². The third-order valence-electron chi connectivity index (χ3n) is 0.464. The SMILES string of the molecule is CCCSSC(C)=O. The van der Waals surface area contributed by atoms with E-state index in [9.17, 15) is 4.79 Å². The summed E-state index contributed by atoms with van der Waals surface area (Å²) in [5, 5.41) is 0.198. The van der Waals surface area contributed by atoms with E-state index in [-0.39, 0.29) is 5.12 Å². The molecule has 0 aliphatic carbocycles. The third-order valence-corrected chi connectivity index (χ3v) is 2.95. The number of carbonyl (C=O) groups excluding carboxylic acids is 1. The number of rotatable bonds is 3. The highest BCUT2D eigenvalue weighted by Gasteiger charge is 1.90. The normalized spacial score (nSPS) is 9.25. The van der Waals surface area contributed by atoms with Crippen molar-refractivity contribution in [1.82, 2.24) is 0 Å². The molecule has 0 aromatic rings. The summed E-state index contributed by atoms with van der Waals surface area (Å²) < 4.78 is 0. The van der Waals surface area contributed by atoms with Crippen LogP contribution < -0.4 is 0 Å². The molecule has 0 spiro atoms. The molecule has 0 saturated heterocycles. The highest BCUT2D eigenvalue weighted by molar-refractivity contribution is 8.82. The second-order valence-corrected chi connectivity index (χ2v) is 3.99. The molecule has 0 aromatic heterocycles. The van der Waals surface area contributed by atoms with Crippen molar-refractivity contribution >= 4 is 26.7 Å². The summed E-state index contributed by atoms with van der Waals surface area (Å²) in [4.78, 5) is 10.3. The van der Waals surface area contributed by atoms with Crippen LogP contribution in [0, 0.1) is 0 Å². The van der Waals surface area contributed by atoms with Gasteiger partial charge in [-0.3, -0.25) is 4.79 Å². The highest BCUT2D eigenvalue weighted by Crippen LogP contribution is 2.21. The van der Waals surface area contributed by atoms with Gasteiger partial charge in [-0.2, -0.15) is 0 Å². The quantitative estimate of drug-likeness (QED) is 0.454. The van der Waals surface area contributed by atoms with Gasteiger partial charge in [0.1, 0.15) is 0 Å². The lowest BCUT2D eigenvalue weighted by Crippen LogP contribution is -1.75. The molecular weight excluding hydrogens is 140 g/mol. The van der Waals surface area contributed by atoms with E-state index < -0.39 is 0 Å². The van der Waals surface area contributed by atoms with E-state index in [2.05, 4.69) is 6.92 Å². The Morgan fingerprint density at radius 2 is 2.25 bits per heavy atom. The summed E-state index contributed by atoms with van der Waals surface area (Å²) in [6, 6.07) is 0. The molecule has 1 nitrogen and oxygen atoms in total. The van der Waals surface area contributed by atoms with Gasteiger partial charge in [0.05, 0.1) is 0 Å². The first-order valence-electron chi connectivity index (χ1n) is 2.57. The summed E-state index contributed by atoms with van der Waals surface area (Å²) in [6.45, 7) is 3.70.